The van der Waals surface area contributed by atoms with E-state index in [2.05, 4.69) is 37.0 Å². The molecule has 0 bridgehead atoms. The van der Waals surface area contributed by atoms with Gasteiger partial charge in [-0.25, -0.2) is 0 Å². The van der Waals surface area contributed by atoms with Crippen molar-refractivity contribution in [2.24, 2.45) is 0 Å². The van der Waals surface area contributed by atoms with Crippen LogP contribution in [0.25, 0.3) is 10.8 Å². The fourth-order valence-corrected chi connectivity index (χ4v) is 1.92. The molecule has 2 rings (SSSR count). The fourth-order valence-electron chi connectivity index (χ4n) is 1.92. The van der Waals surface area contributed by atoms with Crippen LogP contribution in [0.4, 0.5) is 0 Å². The average Bonchev–Trinajstić information content (AvgIpc) is 2.46. The molecule has 0 aliphatic carbocycles. The summed E-state index contributed by atoms with van der Waals surface area (Å²) >= 11 is 0. The van der Waals surface area contributed by atoms with E-state index in [9.17, 15) is 0 Å². The summed E-state index contributed by atoms with van der Waals surface area (Å²) in [6.45, 7) is 2.86. The predicted molar refractivity (Wildman–Crippen MR) is 78.3 cm³/mol. The van der Waals surface area contributed by atoms with E-state index >= 15 is 0 Å². The Balaban J connectivity index is 2.49. The summed E-state index contributed by atoms with van der Waals surface area (Å²) in [4.78, 5) is 0. The highest BCUT2D eigenvalue weighted by atomic mass is 16.5. The molecule has 98 valence electrons. The van der Waals surface area contributed by atoms with Crippen LogP contribution in [0.3, 0.4) is 0 Å². The molecule has 0 saturated carbocycles. The van der Waals surface area contributed by atoms with Gasteiger partial charge in [-0.05, 0) is 17.9 Å². The van der Waals surface area contributed by atoms with Crippen molar-refractivity contribution >= 4 is 10.8 Å². The number of aliphatic hydroxyl groups is 1. The van der Waals surface area contributed by atoms with E-state index in [4.69, 9.17) is 9.84 Å². The summed E-state index contributed by atoms with van der Waals surface area (Å²) in [5.74, 6) is 6.94. The summed E-state index contributed by atoms with van der Waals surface area (Å²) in [6.07, 6.45) is 1.45. The largest absolute Gasteiger partial charge is 0.492 e. The van der Waals surface area contributed by atoms with E-state index in [0.717, 1.165) is 28.5 Å². The zero-order valence-electron chi connectivity index (χ0n) is 11.1. The van der Waals surface area contributed by atoms with Crippen molar-refractivity contribution in [3.05, 3.63) is 42.0 Å². The summed E-state index contributed by atoms with van der Waals surface area (Å²) < 4.78 is 5.76. The lowest BCUT2D eigenvalue weighted by atomic mass is 10.0. The van der Waals surface area contributed by atoms with Crippen LogP contribution in [0.5, 0.6) is 5.75 Å². The first-order chi connectivity index (χ1) is 9.36. The molecular formula is C17H18O2. The third kappa shape index (κ3) is 3.27. The van der Waals surface area contributed by atoms with Gasteiger partial charge in [0, 0.05) is 11.8 Å². The summed E-state index contributed by atoms with van der Waals surface area (Å²) in [5, 5.41) is 11.1. The maximum atomic E-state index is 8.83. The van der Waals surface area contributed by atoms with Gasteiger partial charge < -0.3 is 9.84 Å². The number of benzene rings is 2. The SMILES string of the molecule is CCCOc1ccc2ccccc2c1C#CCCO. The maximum absolute atomic E-state index is 8.83. The predicted octanol–water partition coefficient (Wildman–Crippen LogP) is 3.36. The molecule has 0 aromatic heterocycles. The third-order valence-corrected chi connectivity index (χ3v) is 2.80. The van der Waals surface area contributed by atoms with Gasteiger partial charge in [-0.3, -0.25) is 0 Å². The van der Waals surface area contributed by atoms with Crippen LogP contribution >= 0.6 is 0 Å². The lowest BCUT2D eigenvalue weighted by Crippen LogP contribution is -1.97. The van der Waals surface area contributed by atoms with E-state index in [-0.39, 0.29) is 6.61 Å². The lowest BCUT2D eigenvalue weighted by molar-refractivity contribution is 0.305. The summed E-state index contributed by atoms with van der Waals surface area (Å²) in [6, 6.07) is 12.2. The Kier molecular flexibility index (Phi) is 4.83. The van der Waals surface area contributed by atoms with Gasteiger partial charge in [0.25, 0.3) is 0 Å². The molecular weight excluding hydrogens is 236 g/mol. The van der Waals surface area contributed by atoms with Gasteiger partial charge in [-0.15, -0.1) is 0 Å². The minimum absolute atomic E-state index is 0.0862. The van der Waals surface area contributed by atoms with E-state index in [1.807, 2.05) is 18.2 Å². The van der Waals surface area contributed by atoms with Crippen LogP contribution in [0.1, 0.15) is 25.3 Å². The number of ether oxygens (including phenoxy) is 1. The molecule has 0 radical (unpaired) electrons. The molecule has 0 saturated heterocycles. The normalized spacial score (nSPS) is 10.0. The second kappa shape index (κ2) is 6.82. The van der Waals surface area contributed by atoms with E-state index < -0.39 is 0 Å². The Bertz CT molecular complexity index is 605. The van der Waals surface area contributed by atoms with Gasteiger partial charge in [0.05, 0.1) is 18.8 Å². The van der Waals surface area contributed by atoms with Crippen molar-refractivity contribution in [2.75, 3.05) is 13.2 Å². The zero-order valence-corrected chi connectivity index (χ0v) is 11.1. The van der Waals surface area contributed by atoms with E-state index in [0.29, 0.717) is 13.0 Å². The molecule has 2 aromatic rings. The quantitative estimate of drug-likeness (QED) is 0.848. The van der Waals surface area contributed by atoms with Gasteiger partial charge in [-0.2, -0.15) is 0 Å². The number of fused-ring (bicyclic) bond motifs is 1. The molecule has 1 N–H and O–H groups in total. The van der Waals surface area contributed by atoms with Crippen LogP contribution in [-0.2, 0) is 0 Å². The monoisotopic (exact) mass is 254 g/mol. The minimum Gasteiger partial charge on any atom is -0.492 e. The van der Waals surface area contributed by atoms with Crippen LogP contribution in [0.15, 0.2) is 36.4 Å². The smallest absolute Gasteiger partial charge is 0.135 e. The van der Waals surface area contributed by atoms with Gasteiger partial charge in [0.2, 0.25) is 0 Å². The lowest BCUT2D eigenvalue weighted by Gasteiger charge is -2.09. The molecule has 2 nitrogen and oxygen atoms in total. The van der Waals surface area contributed by atoms with Crippen LogP contribution < -0.4 is 4.74 Å². The maximum Gasteiger partial charge on any atom is 0.135 e. The first kappa shape index (κ1) is 13.5. The first-order valence-electron chi connectivity index (χ1n) is 6.61. The average molecular weight is 254 g/mol. The van der Waals surface area contributed by atoms with Crippen molar-refractivity contribution in [3.63, 3.8) is 0 Å². The second-order valence-electron chi connectivity index (χ2n) is 4.28. The van der Waals surface area contributed by atoms with Crippen LogP contribution in [0.2, 0.25) is 0 Å². The highest BCUT2D eigenvalue weighted by Gasteiger charge is 2.06. The molecule has 0 amide bonds. The van der Waals surface area contributed by atoms with E-state index in [1.165, 1.54) is 0 Å². The first-order valence-corrected chi connectivity index (χ1v) is 6.61. The molecule has 0 aliphatic rings. The molecule has 0 fully saturated rings. The van der Waals surface area contributed by atoms with Crippen molar-refractivity contribution in [3.8, 4) is 17.6 Å². The van der Waals surface area contributed by atoms with Crippen LogP contribution in [-0.4, -0.2) is 18.3 Å². The van der Waals surface area contributed by atoms with Gasteiger partial charge in [-0.1, -0.05) is 49.1 Å². The Morgan fingerprint density at radius 2 is 2.00 bits per heavy atom. The second-order valence-corrected chi connectivity index (χ2v) is 4.28. The minimum atomic E-state index is 0.0862. The van der Waals surface area contributed by atoms with Crippen molar-refractivity contribution < 1.29 is 9.84 Å². The Labute approximate surface area is 114 Å². The molecule has 0 heterocycles. The number of hydrogen-bond acceptors (Lipinski definition) is 2. The fraction of sp³-hybridized carbons (Fsp3) is 0.294. The molecule has 2 aromatic carbocycles. The van der Waals surface area contributed by atoms with Crippen molar-refractivity contribution in [1.29, 1.82) is 0 Å². The molecule has 2 heteroatoms. The number of aliphatic hydroxyl groups excluding tert-OH is 1. The molecule has 0 aliphatic heterocycles. The third-order valence-electron chi connectivity index (χ3n) is 2.80. The van der Waals surface area contributed by atoms with E-state index in [1.54, 1.807) is 0 Å². The molecule has 0 unspecified atom stereocenters. The summed E-state index contributed by atoms with van der Waals surface area (Å²) in [7, 11) is 0. The summed E-state index contributed by atoms with van der Waals surface area (Å²) in [5.41, 5.74) is 0.917. The molecule has 19 heavy (non-hydrogen) atoms. The Morgan fingerprint density at radius 3 is 2.79 bits per heavy atom. The van der Waals surface area contributed by atoms with Gasteiger partial charge >= 0.3 is 0 Å². The van der Waals surface area contributed by atoms with Crippen molar-refractivity contribution in [1.82, 2.24) is 0 Å². The molecule has 0 spiro atoms. The van der Waals surface area contributed by atoms with Crippen molar-refractivity contribution in [2.45, 2.75) is 19.8 Å². The Morgan fingerprint density at radius 1 is 1.16 bits per heavy atom. The van der Waals surface area contributed by atoms with Gasteiger partial charge in [0.15, 0.2) is 0 Å². The number of hydrogen-bond donors (Lipinski definition) is 1. The molecule has 0 atom stereocenters. The topological polar surface area (TPSA) is 29.5 Å². The van der Waals surface area contributed by atoms with Crippen LogP contribution in [0, 0.1) is 11.8 Å². The van der Waals surface area contributed by atoms with Gasteiger partial charge in [0.1, 0.15) is 5.75 Å². The Hall–Kier alpha value is -1.98. The number of rotatable bonds is 4. The zero-order chi connectivity index (χ0) is 13.5. The highest BCUT2D eigenvalue weighted by Crippen LogP contribution is 2.27. The highest BCUT2D eigenvalue weighted by molar-refractivity contribution is 5.90. The standard InChI is InChI=1S/C17H18O2/c1-2-13-19-17-11-10-14-7-3-4-8-15(14)16(17)9-5-6-12-18/h3-4,7-8,10-11,18H,2,6,12-13H2,1H3.